The van der Waals surface area contributed by atoms with Crippen molar-refractivity contribution in [3.8, 4) is 0 Å². The molecule has 78 valence electrons. The van der Waals surface area contributed by atoms with Crippen LogP contribution in [-0.2, 0) is 4.74 Å². The molecular weight excluding hydrogens is 271 g/mol. The fraction of sp³-hybridized carbons (Fsp3) is 1.00. The Hall–Kier alpha value is 1.12. The molecule has 0 aromatic rings. The Bertz CT molecular complexity index is 159. The van der Waals surface area contributed by atoms with Crippen LogP contribution in [0.15, 0.2) is 0 Å². The van der Waals surface area contributed by atoms with Crippen molar-refractivity contribution in [1.29, 1.82) is 0 Å². The molecule has 0 spiro atoms. The second kappa shape index (κ2) is 5.87. The van der Waals surface area contributed by atoms with E-state index < -0.39 is 0 Å². The van der Waals surface area contributed by atoms with E-state index in [0.717, 1.165) is 0 Å². The van der Waals surface area contributed by atoms with Crippen molar-refractivity contribution in [3.05, 3.63) is 0 Å². The molecule has 0 aliphatic carbocycles. The van der Waals surface area contributed by atoms with Gasteiger partial charge >= 0.3 is 96.6 Å². The van der Waals surface area contributed by atoms with Crippen molar-refractivity contribution in [2.24, 2.45) is 0 Å². The van der Waals surface area contributed by atoms with E-state index in [-0.39, 0.29) is 3.83 Å². The number of rotatable bonds is 5. The molecule has 0 amide bonds. The van der Waals surface area contributed by atoms with E-state index in [4.69, 9.17) is 16.3 Å². The van der Waals surface area contributed by atoms with Crippen LogP contribution in [0.3, 0.4) is 0 Å². The molecule has 0 unspecified atom stereocenters. The van der Waals surface area contributed by atoms with Gasteiger partial charge in [-0.15, -0.1) is 0 Å². The van der Waals surface area contributed by atoms with E-state index in [2.05, 4.69) is 13.8 Å². The number of halogens is 1. The molecule has 0 aromatic heterocycles. The van der Waals surface area contributed by atoms with E-state index in [1.807, 2.05) is 11.8 Å². The average molecular weight is 288 g/mol. The zero-order chi connectivity index (χ0) is 9.73. The van der Waals surface area contributed by atoms with E-state index in [1.165, 1.54) is 23.9 Å². The van der Waals surface area contributed by atoms with Crippen molar-refractivity contribution in [3.63, 3.8) is 0 Å². The molecule has 1 aliphatic rings. The second-order valence-electron chi connectivity index (χ2n) is 3.27. The SMILES string of the molecule is CCCCS[C@]1(C)O[C@@H](CCl)C[Se]1. The van der Waals surface area contributed by atoms with Gasteiger partial charge in [0.05, 0.1) is 0 Å². The van der Waals surface area contributed by atoms with Gasteiger partial charge in [-0.05, 0) is 0 Å². The van der Waals surface area contributed by atoms with Crippen LogP contribution in [-0.4, -0.2) is 36.5 Å². The molecule has 0 bridgehead atoms. The van der Waals surface area contributed by atoms with Crippen molar-refractivity contribution >= 4 is 38.3 Å². The Kier molecular flexibility index (Phi) is 5.50. The summed E-state index contributed by atoms with van der Waals surface area (Å²) >= 11 is 8.35. The van der Waals surface area contributed by atoms with E-state index >= 15 is 0 Å². The number of unbranched alkanes of at least 4 members (excludes halogenated alkanes) is 1. The summed E-state index contributed by atoms with van der Waals surface area (Å²) in [5, 5.41) is 1.19. The summed E-state index contributed by atoms with van der Waals surface area (Å²) in [7, 11) is 0. The van der Waals surface area contributed by atoms with Gasteiger partial charge in [0.15, 0.2) is 0 Å². The minimum absolute atomic E-state index is 0.113. The van der Waals surface area contributed by atoms with Gasteiger partial charge < -0.3 is 0 Å². The first-order valence-electron chi connectivity index (χ1n) is 4.72. The third-order valence-corrected chi connectivity index (χ3v) is 7.19. The summed E-state index contributed by atoms with van der Waals surface area (Å²) in [5.41, 5.74) is 0. The van der Waals surface area contributed by atoms with Crippen LogP contribution in [0.1, 0.15) is 26.7 Å². The second-order valence-corrected chi connectivity index (χ2v) is 8.58. The van der Waals surface area contributed by atoms with Crippen LogP contribution in [0, 0.1) is 0 Å². The quantitative estimate of drug-likeness (QED) is 0.437. The monoisotopic (exact) mass is 288 g/mol. The summed E-state index contributed by atoms with van der Waals surface area (Å²) in [6.45, 7) is 4.45. The average Bonchev–Trinajstić information content (AvgIpc) is 2.49. The first kappa shape index (κ1) is 12.2. The van der Waals surface area contributed by atoms with Crippen molar-refractivity contribution in [2.45, 2.75) is 41.9 Å². The Morgan fingerprint density at radius 1 is 1.69 bits per heavy atom. The Morgan fingerprint density at radius 3 is 3.00 bits per heavy atom. The Balaban J connectivity index is 2.23. The normalized spacial score (nSPS) is 33.9. The van der Waals surface area contributed by atoms with Crippen LogP contribution in [0.4, 0.5) is 0 Å². The first-order chi connectivity index (χ1) is 6.20. The Morgan fingerprint density at radius 2 is 2.46 bits per heavy atom. The van der Waals surface area contributed by atoms with Crippen LogP contribution in [0.2, 0.25) is 5.32 Å². The van der Waals surface area contributed by atoms with Crippen molar-refractivity contribution in [2.75, 3.05) is 11.6 Å². The minimum atomic E-state index is 0.113. The van der Waals surface area contributed by atoms with Crippen LogP contribution in [0.5, 0.6) is 0 Å². The van der Waals surface area contributed by atoms with E-state index in [9.17, 15) is 0 Å². The molecular formula is C9H17ClOSSe. The molecule has 1 saturated heterocycles. The van der Waals surface area contributed by atoms with Crippen LogP contribution >= 0.6 is 23.4 Å². The number of alkyl halides is 1. The third-order valence-electron chi connectivity index (χ3n) is 1.95. The maximum absolute atomic E-state index is 5.90. The topological polar surface area (TPSA) is 9.23 Å². The predicted molar refractivity (Wildman–Crippen MR) is 61.9 cm³/mol. The van der Waals surface area contributed by atoms with Crippen molar-refractivity contribution in [1.82, 2.24) is 0 Å². The van der Waals surface area contributed by atoms with Gasteiger partial charge in [0.1, 0.15) is 0 Å². The van der Waals surface area contributed by atoms with Gasteiger partial charge in [-0.25, -0.2) is 0 Å². The van der Waals surface area contributed by atoms with E-state index in [0.29, 0.717) is 26.9 Å². The fourth-order valence-corrected chi connectivity index (χ4v) is 5.97. The molecule has 1 aliphatic heterocycles. The molecule has 1 nitrogen and oxygen atoms in total. The number of ether oxygens (including phenoxy) is 1. The van der Waals surface area contributed by atoms with Crippen molar-refractivity contribution < 1.29 is 4.74 Å². The summed E-state index contributed by atoms with van der Waals surface area (Å²) in [6, 6.07) is 0. The molecule has 0 saturated carbocycles. The van der Waals surface area contributed by atoms with Gasteiger partial charge in [-0.3, -0.25) is 0 Å². The predicted octanol–water partition coefficient (Wildman–Crippen LogP) is 2.95. The number of thioether (sulfide) groups is 1. The molecule has 1 fully saturated rings. The molecule has 1 heterocycles. The molecule has 0 aromatic carbocycles. The number of hydrogen-bond acceptors (Lipinski definition) is 2. The van der Waals surface area contributed by atoms with Gasteiger partial charge in [0, 0.05) is 0 Å². The van der Waals surface area contributed by atoms with Crippen LogP contribution < -0.4 is 0 Å². The van der Waals surface area contributed by atoms with Gasteiger partial charge in [0.25, 0.3) is 0 Å². The zero-order valence-electron chi connectivity index (χ0n) is 8.22. The third kappa shape index (κ3) is 4.01. The standard InChI is InChI=1S/C9H17ClOSSe/c1-3-4-5-12-9(2)11-8(6-10)7-13-9/h8H,3-7H2,1-2H3/t8-,9-/m0/s1. The molecule has 2 atom stereocenters. The Labute approximate surface area is 96.5 Å². The summed E-state index contributed by atoms with van der Waals surface area (Å²) in [4.78, 5) is 0. The summed E-state index contributed by atoms with van der Waals surface area (Å²) in [5.74, 6) is 1.88. The van der Waals surface area contributed by atoms with E-state index in [1.54, 1.807) is 0 Å². The van der Waals surface area contributed by atoms with Crippen LogP contribution in [0.25, 0.3) is 0 Å². The molecule has 4 heteroatoms. The maximum atomic E-state index is 5.90. The van der Waals surface area contributed by atoms with Gasteiger partial charge in [0.2, 0.25) is 0 Å². The summed E-state index contributed by atoms with van der Waals surface area (Å²) < 4.78 is 6.02. The molecule has 1 rings (SSSR count). The molecule has 13 heavy (non-hydrogen) atoms. The van der Waals surface area contributed by atoms with Gasteiger partial charge in [-0.2, -0.15) is 0 Å². The molecule has 0 radical (unpaired) electrons. The number of hydrogen-bond donors (Lipinski definition) is 0. The summed E-state index contributed by atoms with van der Waals surface area (Å²) in [6.07, 6.45) is 2.89. The zero-order valence-corrected chi connectivity index (χ0v) is 11.5. The van der Waals surface area contributed by atoms with Gasteiger partial charge in [-0.1, -0.05) is 0 Å². The molecule has 0 N–H and O–H groups in total. The first-order valence-corrected chi connectivity index (χ1v) is 8.30. The fourth-order valence-electron chi connectivity index (χ4n) is 1.17.